The summed E-state index contributed by atoms with van der Waals surface area (Å²) in [6.07, 6.45) is 8.39. The summed E-state index contributed by atoms with van der Waals surface area (Å²) >= 11 is 0. The quantitative estimate of drug-likeness (QED) is 0.282. The minimum Gasteiger partial charge on any atom is -0.308 e. The second-order valence-corrected chi connectivity index (χ2v) is 11.4. The lowest BCUT2D eigenvalue weighted by molar-refractivity contribution is -0.687. The van der Waals surface area contributed by atoms with Crippen LogP contribution >= 0.6 is 7.14 Å². The molecule has 0 bridgehead atoms. The topological polar surface area (TPSA) is 24.8 Å². The fraction of sp³-hybridized carbons (Fsp3) is 0.0667. The summed E-state index contributed by atoms with van der Waals surface area (Å²) in [6, 6.07) is 35.0. The molecule has 34 heavy (non-hydrogen) atoms. The van der Waals surface area contributed by atoms with Gasteiger partial charge in [0.15, 0.2) is 45.0 Å². The van der Waals surface area contributed by atoms with Gasteiger partial charge < -0.3 is 4.57 Å². The lowest BCUT2D eigenvalue weighted by Gasteiger charge is -2.13. The number of rotatable bonds is 5. The lowest BCUT2D eigenvalue weighted by Crippen LogP contribution is -2.39. The minimum atomic E-state index is -3.01. The smallest absolute Gasteiger partial charge is 0.184 e. The van der Waals surface area contributed by atoms with Crippen molar-refractivity contribution in [3.05, 3.63) is 139 Å². The minimum absolute atomic E-state index is 0.743. The maximum atomic E-state index is 15.0. The molecule has 3 aromatic carbocycles. The van der Waals surface area contributed by atoms with Gasteiger partial charge in [0.05, 0.1) is 10.6 Å². The van der Waals surface area contributed by atoms with Crippen LogP contribution in [0.15, 0.2) is 128 Å². The van der Waals surface area contributed by atoms with Crippen molar-refractivity contribution in [2.45, 2.75) is 13.1 Å². The van der Waals surface area contributed by atoms with Gasteiger partial charge in [-0.2, -0.15) is 9.13 Å². The zero-order valence-electron chi connectivity index (χ0n) is 18.8. The second-order valence-electron chi connectivity index (χ2n) is 8.75. The summed E-state index contributed by atoms with van der Waals surface area (Å²) < 4.78 is 19.3. The van der Waals surface area contributed by atoms with E-state index in [2.05, 4.69) is 94.6 Å². The van der Waals surface area contributed by atoms with E-state index in [1.807, 2.05) is 42.5 Å². The molecule has 0 saturated heterocycles. The van der Waals surface area contributed by atoms with Gasteiger partial charge in [-0.1, -0.05) is 91.0 Å². The van der Waals surface area contributed by atoms with Crippen molar-refractivity contribution < 1.29 is 13.7 Å². The molecule has 4 heteroatoms. The Labute approximate surface area is 200 Å². The van der Waals surface area contributed by atoms with E-state index in [4.69, 9.17) is 0 Å². The molecule has 164 valence electrons. The van der Waals surface area contributed by atoms with Crippen LogP contribution in [-0.2, 0) is 17.7 Å². The van der Waals surface area contributed by atoms with E-state index >= 15 is 4.57 Å². The van der Waals surface area contributed by atoms with E-state index in [1.165, 1.54) is 11.1 Å². The molecule has 2 aromatic heterocycles. The number of benzene rings is 3. The highest BCUT2D eigenvalue weighted by molar-refractivity contribution is 7.86. The van der Waals surface area contributed by atoms with E-state index in [1.54, 1.807) is 0 Å². The van der Waals surface area contributed by atoms with Crippen molar-refractivity contribution in [3.8, 4) is 11.1 Å². The monoisotopic (exact) mass is 460 g/mol. The Morgan fingerprint density at radius 1 is 0.529 bits per heavy atom. The molecule has 0 atom stereocenters. The summed E-state index contributed by atoms with van der Waals surface area (Å²) in [5, 5.41) is 2.72. The molecule has 1 aliphatic rings. The Hall–Kier alpha value is -3.81. The summed E-state index contributed by atoms with van der Waals surface area (Å²) in [6.45, 7) is 1.49. The summed E-state index contributed by atoms with van der Waals surface area (Å²) in [5.74, 6) is 0. The maximum absolute atomic E-state index is 15.0. The van der Waals surface area contributed by atoms with Crippen LogP contribution in [0.2, 0.25) is 0 Å². The molecular formula is C30H25N2OP+2. The molecule has 3 heterocycles. The van der Waals surface area contributed by atoms with Crippen LogP contribution in [0.4, 0.5) is 0 Å². The molecule has 0 fully saturated rings. The molecular weight excluding hydrogens is 435 g/mol. The summed E-state index contributed by atoms with van der Waals surface area (Å²) in [7, 11) is -3.01. The second kappa shape index (κ2) is 8.52. The van der Waals surface area contributed by atoms with Gasteiger partial charge in [0.1, 0.15) is 0 Å². The lowest BCUT2D eigenvalue weighted by atomic mass is 10.1. The fourth-order valence-corrected chi connectivity index (χ4v) is 7.94. The highest BCUT2D eigenvalue weighted by atomic mass is 31.2. The van der Waals surface area contributed by atoms with E-state index in [0.717, 1.165) is 40.1 Å². The Morgan fingerprint density at radius 2 is 0.941 bits per heavy atom. The first-order valence-corrected chi connectivity index (χ1v) is 13.2. The Morgan fingerprint density at radius 3 is 1.38 bits per heavy atom. The van der Waals surface area contributed by atoms with Crippen molar-refractivity contribution in [2.24, 2.45) is 0 Å². The maximum Gasteiger partial charge on any atom is 0.184 e. The summed E-state index contributed by atoms with van der Waals surface area (Å²) in [4.78, 5) is 0. The van der Waals surface area contributed by atoms with Crippen molar-refractivity contribution >= 4 is 23.1 Å². The highest BCUT2D eigenvalue weighted by Gasteiger charge is 2.44. The van der Waals surface area contributed by atoms with Crippen LogP contribution < -0.4 is 25.0 Å². The van der Waals surface area contributed by atoms with Gasteiger partial charge in [-0.25, -0.2) is 0 Å². The molecule has 0 amide bonds. The SMILES string of the molecule is O=P1(c2ccccc2)c2c[n+](Cc3ccccc3)ccc2-c2cc[n+](Cc3ccccc3)cc21. The Kier molecular flexibility index (Phi) is 5.20. The number of nitrogens with zero attached hydrogens (tertiary/aromatic N) is 2. The Balaban J connectivity index is 1.49. The third-order valence-electron chi connectivity index (χ3n) is 6.50. The molecule has 0 spiro atoms. The van der Waals surface area contributed by atoms with E-state index in [9.17, 15) is 0 Å². The van der Waals surface area contributed by atoms with Crippen LogP contribution in [0.1, 0.15) is 11.1 Å². The zero-order valence-corrected chi connectivity index (χ0v) is 19.7. The van der Waals surface area contributed by atoms with Crippen molar-refractivity contribution in [3.63, 3.8) is 0 Å². The van der Waals surface area contributed by atoms with Crippen molar-refractivity contribution in [1.82, 2.24) is 0 Å². The Bertz CT molecular complexity index is 1420. The zero-order chi connectivity index (χ0) is 23.0. The van der Waals surface area contributed by atoms with Crippen LogP contribution in [0.5, 0.6) is 0 Å². The molecule has 0 radical (unpaired) electrons. The number of fused-ring (bicyclic) bond motifs is 3. The van der Waals surface area contributed by atoms with E-state index in [-0.39, 0.29) is 0 Å². The van der Waals surface area contributed by atoms with E-state index < -0.39 is 7.14 Å². The standard InChI is InChI=1S/C30H25N2OP/c33-34(26-14-8-3-9-15-26)29-22-31(20-24-10-4-1-5-11-24)18-16-27(29)28-17-19-32(23-30(28)34)21-25-12-6-2-7-13-25/h1-19,22-23H,20-21H2/q+2. The van der Waals surface area contributed by atoms with Gasteiger partial charge in [0.2, 0.25) is 0 Å². The van der Waals surface area contributed by atoms with Gasteiger partial charge in [0.25, 0.3) is 0 Å². The fourth-order valence-electron chi connectivity index (χ4n) is 4.84. The first kappa shape index (κ1) is 20.8. The number of pyridine rings is 2. The third-order valence-corrected chi connectivity index (χ3v) is 9.59. The molecule has 1 aliphatic heterocycles. The van der Waals surface area contributed by atoms with Gasteiger partial charge in [-0.3, -0.25) is 0 Å². The number of hydrogen-bond donors (Lipinski definition) is 0. The molecule has 5 aromatic rings. The van der Waals surface area contributed by atoms with Gasteiger partial charge in [-0.05, 0) is 0 Å². The molecule has 0 saturated carbocycles. The van der Waals surface area contributed by atoms with Crippen LogP contribution in [0, 0.1) is 0 Å². The molecule has 0 unspecified atom stereocenters. The predicted octanol–water partition coefficient (Wildman–Crippen LogP) is 3.98. The van der Waals surface area contributed by atoms with Gasteiger partial charge in [-0.15, -0.1) is 0 Å². The molecule has 6 rings (SSSR count). The normalized spacial score (nSPS) is 13.3. The molecule has 3 nitrogen and oxygen atoms in total. The van der Waals surface area contributed by atoms with Crippen LogP contribution in [0.3, 0.4) is 0 Å². The molecule has 0 aliphatic carbocycles. The number of aromatic nitrogens is 2. The summed E-state index contributed by atoms with van der Waals surface area (Å²) in [5.41, 5.74) is 4.58. The van der Waals surface area contributed by atoms with Crippen molar-refractivity contribution in [1.29, 1.82) is 0 Å². The first-order valence-electron chi connectivity index (χ1n) is 11.5. The molecule has 0 N–H and O–H groups in total. The van der Waals surface area contributed by atoms with Gasteiger partial charge >= 0.3 is 0 Å². The predicted molar refractivity (Wildman–Crippen MR) is 136 cm³/mol. The highest BCUT2D eigenvalue weighted by Crippen LogP contribution is 2.51. The largest absolute Gasteiger partial charge is 0.308 e. The van der Waals surface area contributed by atoms with Crippen LogP contribution in [-0.4, -0.2) is 0 Å². The average molecular weight is 461 g/mol. The van der Waals surface area contributed by atoms with Gasteiger partial charge in [0, 0.05) is 39.7 Å². The van der Waals surface area contributed by atoms with Crippen LogP contribution in [0.25, 0.3) is 11.1 Å². The third kappa shape index (κ3) is 3.59. The first-order chi connectivity index (χ1) is 16.7. The number of hydrogen-bond acceptors (Lipinski definition) is 1. The van der Waals surface area contributed by atoms with E-state index in [0.29, 0.717) is 0 Å². The van der Waals surface area contributed by atoms with Crippen molar-refractivity contribution in [2.75, 3.05) is 0 Å². The average Bonchev–Trinajstić information content (AvgIpc) is 3.14.